The third-order valence-electron chi connectivity index (χ3n) is 2.07. The van der Waals surface area contributed by atoms with E-state index in [0.29, 0.717) is 0 Å². The standard InChI is InChI=1S/C12H13NO4/c1-3-17-12(16)11(15)8(2)10(14)9-5-4-6-13-7-9/h4-7,14H,3H2,1-2H3/p-1/b10-8-. The molecule has 1 aromatic heterocycles. The summed E-state index contributed by atoms with van der Waals surface area (Å²) < 4.78 is 4.53. The Morgan fingerprint density at radius 2 is 2.18 bits per heavy atom. The maximum absolute atomic E-state index is 11.8. The quantitative estimate of drug-likeness (QED) is 0.324. The molecule has 0 amide bonds. The van der Waals surface area contributed by atoms with Crippen LogP contribution >= 0.6 is 0 Å². The molecular formula is C12H12NO4-. The van der Waals surface area contributed by atoms with Crippen LogP contribution in [0.3, 0.4) is 0 Å². The number of carbonyl (C=O) groups is 2. The molecule has 0 aromatic carbocycles. The average molecular weight is 234 g/mol. The fourth-order valence-electron chi connectivity index (χ4n) is 1.17. The van der Waals surface area contributed by atoms with Crippen LogP contribution in [-0.4, -0.2) is 23.3 Å². The second-order valence-electron chi connectivity index (χ2n) is 3.25. The lowest BCUT2D eigenvalue weighted by Gasteiger charge is -2.15. The second-order valence-corrected chi connectivity index (χ2v) is 3.25. The summed E-state index contributed by atoms with van der Waals surface area (Å²) >= 11 is 0. The van der Waals surface area contributed by atoms with Gasteiger partial charge in [-0.2, -0.15) is 0 Å². The summed E-state index contributed by atoms with van der Waals surface area (Å²) in [6.45, 7) is 2.98. The highest BCUT2D eigenvalue weighted by molar-refractivity contribution is 6.41. The van der Waals surface area contributed by atoms with Crippen LogP contribution in [0.5, 0.6) is 0 Å². The number of hydrogen-bond donors (Lipinski definition) is 0. The molecular weight excluding hydrogens is 222 g/mol. The first-order valence-corrected chi connectivity index (χ1v) is 5.07. The minimum atomic E-state index is -1.01. The first-order chi connectivity index (χ1) is 8.07. The van der Waals surface area contributed by atoms with Crippen LogP contribution in [0, 0.1) is 0 Å². The first kappa shape index (κ1) is 12.9. The van der Waals surface area contributed by atoms with Crippen LogP contribution in [-0.2, 0) is 14.3 Å². The summed E-state index contributed by atoms with van der Waals surface area (Å²) in [7, 11) is 0. The third kappa shape index (κ3) is 3.14. The predicted octanol–water partition coefficient (Wildman–Crippen LogP) is 0.305. The van der Waals surface area contributed by atoms with Crippen LogP contribution in [0.1, 0.15) is 19.4 Å². The van der Waals surface area contributed by atoms with Gasteiger partial charge in [0.2, 0.25) is 0 Å². The second kappa shape index (κ2) is 5.79. The largest absolute Gasteiger partial charge is 0.872 e. The third-order valence-corrected chi connectivity index (χ3v) is 2.07. The minimum absolute atomic E-state index is 0.0962. The minimum Gasteiger partial charge on any atom is -0.872 e. The van der Waals surface area contributed by atoms with E-state index in [0.717, 1.165) is 0 Å². The van der Waals surface area contributed by atoms with Crippen LogP contribution in [0.25, 0.3) is 5.76 Å². The number of carbonyl (C=O) groups excluding carboxylic acids is 2. The molecule has 17 heavy (non-hydrogen) atoms. The van der Waals surface area contributed by atoms with Gasteiger partial charge in [0, 0.05) is 12.4 Å². The Kier molecular flexibility index (Phi) is 4.39. The Morgan fingerprint density at radius 1 is 1.47 bits per heavy atom. The molecule has 0 radical (unpaired) electrons. The van der Waals surface area contributed by atoms with Gasteiger partial charge in [-0.1, -0.05) is 11.8 Å². The van der Waals surface area contributed by atoms with Crippen LogP contribution < -0.4 is 5.11 Å². The van der Waals surface area contributed by atoms with Crippen molar-refractivity contribution in [2.75, 3.05) is 6.61 Å². The Labute approximate surface area is 98.7 Å². The molecule has 0 saturated carbocycles. The van der Waals surface area contributed by atoms with Crippen molar-refractivity contribution in [3.8, 4) is 0 Å². The maximum Gasteiger partial charge on any atom is 0.379 e. The normalized spacial score (nSPS) is 11.6. The number of rotatable bonds is 4. The SMILES string of the molecule is CCOC(=O)C(=O)/C(C)=C(\[O-])c1cccnc1. The van der Waals surface area contributed by atoms with Gasteiger partial charge in [-0.25, -0.2) is 4.79 Å². The first-order valence-electron chi connectivity index (χ1n) is 5.07. The van der Waals surface area contributed by atoms with Crippen molar-refractivity contribution in [1.29, 1.82) is 0 Å². The molecule has 0 fully saturated rings. The van der Waals surface area contributed by atoms with Crippen molar-refractivity contribution in [3.63, 3.8) is 0 Å². The fourth-order valence-corrected chi connectivity index (χ4v) is 1.17. The summed E-state index contributed by atoms with van der Waals surface area (Å²) in [6, 6.07) is 3.10. The summed E-state index contributed by atoms with van der Waals surface area (Å²) in [4.78, 5) is 26.4. The molecule has 0 N–H and O–H groups in total. The Hall–Kier alpha value is -2.17. The molecule has 1 heterocycles. The molecule has 0 saturated heterocycles. The highest BCUT2D eigenvalue weighted by Crippen LogP contribution is 2.12. The number of esters is 1. The molecule has 0 bridgehead atoms. The van der Waals surface area contributed by atoms with E-state index >= 15 is 0 Å². The van der Waals surface area contributed by atoms with Crippen molar-refractivity contribution < 1.29 is 19.4 Å². The number of ketones is 1. The van der Waals surface area contributed by atoms with Crippen molar-refractivity contribution in [2.24, 2.45) is 0 Å². The van der Waals surface area contributed by atoms with Gasteiger partial charge < -0.3 is 9.84 Å². The maximum atomic E-state index is 11.8. The molecule has 1 rings (SSSR count). The van der Waals surface area contributed by atoms with Gasteiger partial charge in [-0.05, 0) is 31.1 Å². The number of aromatic nitrogens is 1. The van der Waals surface area contributed by atoms with Crippen molar-refractivity contribution in [2.45, 2.75) is 13.8 Å². The Balaban J connectivity index is 2.98. The zero-order valence-electron chi connectivity index (χ0n) is 9.60. The van der Waals surface area contributed by atoms with Crippen LogP contribution in [0.15, 0.2) is 30.1 Å². The smallest absolute Gasteiger partial charge is 0.379 e. The van der Waals surface area contributed by atoms with E-state index in [4.69, 9.17) is 0 Å². The summed E-state index contributed by atoms with van der Waals surface area (Å²) in [5.74, 6) is -2.45. The van der Waals surface area contributed by atoms with E-state index in [9.17, 15) is 14.7 Å². The molecule has 5 nitrogen and oxygen atoms in total. The molecule has 0 unspecified atom stereocenters. The zero-order chi connectivity index (χ0) is 12.8. The summed E-state index contributed by atoms with van der Waals surface area (Å²) in [5, 5.41) is 11.8. The van der Waals surface area contributed by atoms with Crippen molar-refractivity contribution >= 4 is 17.5 Å². The van der Waals surface area contributed by atoms with E-state index in [1.165, 1.54) is 25.4 Å². The molecule has 0 aliphatic heterocycles. The van der Waals surface area contributed by atoms with Gasteiger partial charge in [0.1, 0.15) is 0 Å². The summed E-state index contributed by atoms with van der Waals surface area (Å²) in [5.41, 5.74) is 0.0964. The lowest BCUT2D eigenvalue weighted by molar-refractivity contribution is -0.245. The van der Waals surface area contributed by atoms with Crippen LogP contribution in [0.2, 0.25) is 0 Å². The molecule has 0 aliphatic rings. The molecule has 0 atom stereocenters. The van der Waals surface area contributed by atoms with E-state index in [2.05, 4.69) is 9.72 Å². The lowest BCUT2D eigenvalue weighted by atomic mass is 10.1. The van der Waals surface area contributed by atoms with Gasteiger partial charge in [0.25, 0.3) is 5.78 Å². The van der Waals surface area contributed by atoms with Gasteiger partial charge in [0.05, 0.1) is 6.61 Å². The highest BCUT2D eigenvalue weighted by Gasteiger charge is 2.17. The van der Waals surface area contributed by atoms with E-state index in [-0.39, 0.29) is 17.7 Å². The number of pyridine rings is 1. The number of nitrogens with zero attached hydrogens (tertiary/aromatic N) is 1. The summed E-state index contributed by atoms with van der Waals surface area (Å²) in [6.07, 6.45) is 2.85. The fraction of sp³-hybridized carbons (Fsp3) is 0.250. The van der Waals surface area contributed by atoms with E-state index in [1.807, 2.05) is 0 Å². The van der Waals surface area contributed by atoms with Crippen molar-refractivity contribution in [1.82, 2.24) is 4.98 Å². The van der Waals surface area contributed by atoms with E-state index in [1.54, 1.807) is 13.0 Å². The highest BCUT2D eigenvalue weighted by atomic mass is 16.5. The lowest BCUT2D eigenvalue weighted by Crippen LogP contribution is -2.21. The van der Waals surface area contributed by atoms with Crippen LogP contribution in [0.4, 0.5) is 0 Å². The van der Waals surface area contributed by atoms with Gasteiger partial charge >= 0.3 is 5.97 Å². The average Bonchev–Trinajstić information content (AvgIpc) is 2.37. The monoisotopic (exact) mass is 234 g/mol. The van der Waals surface area contributed by atoms with Gasteiger partial charge in [-0.3, -0.25) is 9.78 Å². The van der Waals surface area contributed by atoms with Crippen molar-refractivity contribution in [3.05, 3.63) is 35.7 Å². The topological polar surface area (TPSA) is 79.3 Å². The molecule has 0 spiro atoms. The van der Waals surface area contributed by atoms with Gasteiger partial charge in [0.15, 0.2) is 0 Å². The number of hydrogen-bond acceptors (Lipinski definition) is 5. The number of ether oxygens (including phenoxy) is 1. The molecule has 5 heteroatoms. The number of Topliss-reactive ketones (excluding diaryl/α,β-unsaturated/α-hetero) is 1. The molecule has 1 aromatic rings. The zero-order valence-corrected chi connectivity index (χ0v) is 9.60. The van der Waals surface area contributed by atoms with Gasteiger partial charge in [-0.15, -0.1) is 0 Å². The Morgan fingerprint density at radius 3 is 2.71 bits per heavy atom. The van der Waals surface area contributed by atoms with E-state index < -0.39 is 17.5 Å². The predicted molar refractivity (Wildman–Crippen MR) is 58.5 cm³/mol. The molecule has 0 aliphatic carbocycles. The molecule has 90 valence electrons. The Bertz CT molecular complexity index is 451.